The maximum Gasteiger partial charge on any atom is 0.0909 e. The van der Waals surface area contributed by atoms with Crippen molar-refractivity contribution in [1.29, 1.82) is 0 Å². The van der Waals surface area contributed by atoms with E-state index in [9.17, 15) is 5.11 Å². The van der Waals surface area contributed by atoms with Crippen molar-refractivity contribution in [3.63, 3.8) is 0 Å². The highest BCUT2D eigenvalue weighted by atomic mass is 16.5. The van der Waals surface area contributed by atoms with E-state index in [0.717, 1.165) is 12.8 Å². The highest BCUT2D eigenvalue weighted by Crippen LogP contribution is 2.21. The van der Waals surface area contributed by atoms with Crippen LogP contribution in [0, 0.1) is 0 Å². The Kier molecular flexibility index (Phi) is 4.69. The van der Waals surface area contributed by atoms with Gasteiger partial charge in [-0.2, -0.15) is 0 Å². The van der Waals surface area contributed by atoms with Gasteiger partial charge >= 0.3 is 0 Å². The van der Waals surface area contributed by atoms with Crippen molar-refractivity contribution in [3.05, 3.63) is 0 Å². The maximum absolute atomic E-state index is 9.58. The van der Waals surface area contributed by atoms with Gasteiger partial charge in [-0.05, 0) is 26.7 Å². The lowest BCUT2D eigenvalue weighted by atomic mass is 9.94. The number of rotatable bonds is 5. The molecule has 1 N–H and O–H groups in total. The van der Waals surface area contributed by atoms with Gasteiger partial charge < -0.3 is 9.84 Å². The lowest BCUT2D eigenvalue weighted by molar-refractivity contribution is -0.111. The molecule has 11 heavy (non-hydrogen) atoms. The molecule has 0 saturated carbocycles. The molecule has 0 aliphatic heterocycles. The monoisotopic (exact) mass is 160 g/mol. The van der Waals surface area contributed by atoms with Gasteiger partial charge in [-0.1, -0.05) is 13.8 Å². The SMILES string of the molecule is CCOC(C)(CC)C(O)CC. The van der Waals surface area contributed by atoms with Gasteiger partial charge in [0.1, 0.15) is 0 Å². The summed E-state index contributed by atoms with van der Waals surface area (Å²) in [6.45, 7) is 8.59. The molecule has 0 fully saturated rings. The fourth-order valence-electron chi connectivity index (χ4n) is 1.20. The lowest BCUT2D eigenvalue weighted by Crippen LogP contribution is -2.41. The third-order valence-electron chi connectivity index (χ3n) is 2.27. The number of ether oxygens (including phenoxy) is 1. The Morgan fingerprint density at radius 2 is 1.91 bits per heavy atom. The molecule has 0 aliphatic carbocycles. The van der Waals surface area contributed by atoms with E-state index in [2.05, 4.69) is 0 Å². The first kappa shape index (κ1) is 10.9. The molecule has 0 aromatic rings. The van der Waals surface area contributed by atoms with Crippen LogP contribution in [0.2, 0.25) is 0 Å². The molecule has 0 aromatic heterocycles. The first-order chi connectivity index (χ1) is 5.10. The second kappa shape index (κ2) is 4.73. The summed E-state index contributed by atoms with van der Waals surface area (Å²) in [6.07, 6.45) is 1.27. The van der Waals surface area contributed by atoms with Crippen LogP contribution in [-0.2, 0) is 4.74 Å². The molecule has 0 rings (SSSR count). The summed E-state index contributed by atoms with van der Waals surface area (Å²) in [7, 11) is 0. The van der Waals surface area contributed by atoms with Gasteiger partial charge in [-0.3, -0.25) is 0 Å². The molecule has 2 heteroatoms. The largest absolute Gasteiger partial charge is 0.390 e. The predicted molar refractivity (Wildman–Crippen MR) is 46.6 cm³/mol. The van der Waals surface area contributed by atoms with Crippen molar-refractivity contribution < 1.29 is 9.84 Å². The minimum absolute atomic E-state index is 0.340. The number of aliphatic hydroxyl groups excluding tert-OH is 1. The van der Waals surface area contributed by atoms with Gasteiger partial charge in [0.15, 0.2) is 0 Å². The van der Waals surface area contributed by atoms with Gasteiger partial charge in [0.25, 0.3) is 0 Å². The highest BCUT2D eigenvalue weighted by molar-refractivity contribution is 4.81. The normalized spacial score (nSPS) is 19.4. The molecular weight excluding hydrogens is 140 g/mol. The average molecular weight is 160 g/mol. The molecule has 0 bridgehead atoms. The van der Waals surface area contributed by atoms with Crippen LogP contribution in [0.3, 0.4) is 0 Å². The molecule has 68 valence electrons. The summed E-state index contributed by atoms with van der Waals surface area (Å²) < 4.78 is 5.48. The number of aliphatic hydroxyl groups is 1. The summed E-state index contributed by atoms with van der Waals surface area (Å²) in [5, 5.41) is 9.58. The van der Waals surface area contributed by atoms with Gasteiger partial charge in [0.05, 0.1) is 11.7 Å². The van der Waals surface area contributed by atoms with Crippen LogP contribution in [0.5, 0.6) is 0 Å². The second-order valence-corrected chi connectivity index (χ2v) is 3.02. The minimum Gasteiger partial charge on any atom is -0.390 e. The lowest BCUT2D eigenvalue weighted by Gasteiger charge is -2.32. The first-order valence-corrected chi connectivity index (χ1v) is 4.42. The Morgan fingerprint density at radius 3 is 2.18 bits per heavy atom. The Labute approximate surface area is 69.6 Å². The Bertz CT molecular complexity index is 104. The molecule has 2 atom stereocenters. The van der Waals surface area contributed by atoms with Gasteiger partial charge in [-0.25, -0.2) is 0 Å². The summed E-state index contributed by atoms with van der Waals surface area (Å²) in [5.41, 5.74) is -0.344. The molecule has 0 aliphatic rings. The van der Waals surface area contributed by atoms with E-state index in [4.69, 9.17) is 4.74 Å². The van der Waals surface area contributed by atoms with Crippen LogP contribution in [0.4, 0.5) is 0 Å². The Balaban J connectivity index is 4.07. The quantitative estimate of drug-likeness (QED) is 0.666. The van der Waals surface area contributed by atoms with E-state index in [1.165, 1.54) is 0 Å². The molecule has 2 nitrogen and oxygen atoms in total. The van der Waals surface area contributed by atoms with Gasteiger partial charge in [0, 0.05) is 6.61 Å². The van der Waals surface area contributed by atoms with E-state index in [-0.39, 0.29) is 11.7 Å². The number of hydrogen-bond acceptors (Lipinski definition) is 2. The van der Waals surface area contributed by atoms with E-state index in [1.807, 2.05) is 27.7 Å². The summed E-state index contributed by atoms with van der Waals surface area (Å²) in [5.74, 6) is 0. The Morgan fingerprint density at radius 1 is 1.36 bits per heavy atom. The standard InChI is InChI=1S/C9H20O2/c1-5-8(10)9(4,6-2)11-7-3/h8,10H,5-7H2,1-4H3. The van der Waals surface area contributed by atoms with Crippen molar-refractivity contribution >= 4 is 0 Å². The third-order valence-corrected chi connectivity index (χ3v) is 2.27. The van der Waals surface area contributed by atoms with E-state index in [0.29, 0.717) is 6.61 Å². The smallest absolute Gasteiger partial charge is 0.0909 e. The molecule has 0 amide bonds. The predicted octanol–water partition coefficient (Wildman–Crippen LogP) is 1.96. The van der Waals surface area contributed by atoms with E-state index >= 15 is 0 Å². The molecule has 0 saturated heterocycles. The molecule has 2 unspecified atom stereocenters. The van der Waals surface area contributed by atoms with E-state index in [1.54, 1.807) is 0 Å². The molecular formula is C9H20O2. The maximum atomic E-state index is 9.58. The highest BCUT2D eigenvalue weighted by Gasteiger charge is 2.29. The van der Waals surface area contributed by atoms with Crippen LogP contribution in [0.1, 0.15) is 40.5 Å². The van der Waals surface area contributed by atoms with Gasteiger partial charge in [-0.15, -0.1) is 0 Å². The topological polar surface area (TPSA) is 29.5 Å². The average Bonchev–Trinajstić information content (AvgIpc) is 2.03. The van der Waals surface area contributed by atoms with Crippen molar-refractivity contribution in [1.82, 2.24) is 0 Å². The van der Waals surface area contributed by atoms with Crippen molar-refractivity contribution in [2.24, 2.45) is 0 Å². The van der Waals surface area contributed by atoms with Crippen LogP contribution in [0.25, 0.3) is 0 Å². The zero-order chi connectivity index (χ0) is 8.91. The summed E-state index contributed by atoms with van der Waals surface area (Å²) in [4.78, 5) is 0. The van der Waals surface area contributed by atoms with Crippen molar-refractivity contribution in [3.8, 4) is 0 Å². The zero-order valence-electron chi connectivity index (χ0n) is 8.05. The third kappa shape index (κ3) is 2.80. The fraction of sp³-hybridized carbons (Fsp3) is 1.00. The van der Waals surface area contributed by atoms with Crippen LogP contribution >= 0.6 is 0 Å². The van der Waals surface area contributed by atoms with Crippen molar-refractivity contribution in [2.45, 2.75) is 52.2 Å². The molecule has 0 heterocycles. The van der Waals surface area contributed by atoms with Gasteiger partial charge in [0.2, 0.25) is 0 Å². The van der Waals surface area contributed by atoms with Crippen molar-refractivity contribution in [2.75, 3.05) is 6.61 Å². The number of hydrogen-bond donors (Lipinski definition) is 1. The summed E-state index contributed by atoms with van der Waals surface area (Å²) >= 11 is 0. The summed E-state index contributed by atoms with van der Waals surface area (Å²) in [6, 6.07) is 0. The molecule has 0 radical (unpaired) electrons. The second-order valence-electron chi connectivity index (χ2n) is 3.02. The Hall–Kier alpha value is -0.0800. The molecule has 0 spiro atoms. The van der Waals surface area contributed by atoms with Crippen LogP contribution < -0.4 is 0 Å². The van der Waals surface area contributed by atoms with E-state index < -0.39 is 0 Å². The zero-order valence-corrected chi connectivity index (χ0v) is 8.05. The first-order valence-electron chi connectivity index (χ1n) is 4.42. The fourth-order valence-corrected chi connectivity index (χ4v) is 1.20. The van der Waals surface area contributed by atoms with Crippen LogP contribution in [-0.4, -0.2) is 23.4 Å². The van der Waals surface area contributed by atoms with Crippen LogP contribution in [0.15, 0.2) is 0 Å². The minimum atomic E-state index is -0.344. The molecule has 0 aromatic carbocycles.